The van der Waals surface area contributed by atoms with E-state index in [9.17, 15) is 4.79 Å². The maximum absolute atomic E-state index is 11.3. The smallest absolute Gasteiger partial charge is 0.133 e. The molecule has 0 amide bonds. The molecular formula is C11H18O. The Labute approximate surface area is 74.5 Å². The maximum Gasteiger partial charge on any atom is 0.133 e. The van der Waals surface area contributed by atoms with Crippen LogP contribution in [0, 0.1) is 17.8 Å². The molecule has 0 aromatic heterocycles. The van der Waals surface area contributed by atoms with Gasteiger partial charge in [0, 0.05) is 5.92 Å². The molecule has 1 nitrogen and oxygen atoms in total. The normalized spacial score (nSPS) is 40.9. The van der Waals surface area contributed by atoms with E-state index < -0.39 is 0 Å². The monoisotopic (exact) mass is 166 g/mol. The molecule has 2 saturated carbocycles. The summed E-state index contributed by atoms with van der Waals surface area (Å²) in [6.45, 7) is 1.78. The molecular weight excluding hydrogens is 148 g/mol. The van der Waals surface area contributed by atoms with Crippen LogP contribution in [0.4, 0.5) is 0 Å². The quantitative estimate of drug-likeness (QED) is 0.585. The largest absolute Gasteiger partial charge is 0.300 e. The number of ketones is 1. The van der Waals surface area contributed by atoms with Crippen LogP contribution in [0.3, 0.4) is 0 Å². The minimum absolute atomic E-state index is 0.440. The van der Waals surface area contributed by atoms with E-state index in [-0.39, 0.29) is 0 Å². The number of hydrogen-bond donors (Lipinski definition) is 0. The first-order valence-electron chi connectivity index (χ1n) is 5.29. The van der Waals surface area contributed by atoms with Gasteiger partial charge in [-0.1, -0.05) is 19.3 Å². The summed E-state index contributed by atoms with van der Waals surface area (Å²) in [6.07, 6.45) is 8.01. The zero-order chi connectivity index (χ0) is 8.55. The van der Waals surface area contributed by atoms with E-state index in [0.29, 0.717) is 11.7 Å². The number of carbonyl (C=O) groups excluding carboxylic acids is 1. The summed E-state index contributed by atoms with van der Waals surface area (Å²) in [5.74, 6) is 2.57. The molecule has 0 aliphatic heterocycles. The Morgan fingerprint density at radius 2 is 1.83 bits per heavy atom. The minimum Gasteiger partial charge on any atom is -0.300 e. The molecule has 0 aromatic rings. The summed E-state index contributed by atoms with van der Waals surface area (Å²) >= 11 is 0. The second-order valence-corrected chi connectivity index (χ2v) is 4.50. The number of carbonyl (C=O) groups is 1. The number of rotatable bonds is 1. The van der Waals surface area contributed by atoms with Crippen molar-refractivity contribution < 1.29 is 4.79 Å². The van der Waals surface area contributed by atoms with E-state index in [0.717, 1.165) is 11.8 Å². The van der Waals surface area contributed by atoms with Gasteiger partial charge in [0.25, 0.3) is 0 Å². The fourth-order valence-corrected chi connectivity index (χ4v) is 3.24. The highest BCUT2D eigenvalue weighted by Gasteiger charge is 2.39. The van der Waals surface area contributed by atoms with Gasteiger partial charge in [-0.05, 0) is 38.0 Å². The summed E-state index contributed by atoms with van der Waals surface area (Å²) in [7, 11) is 0. The van der Waals surface area contributed by atoms with Crippen LogP contribution >= 0.6 is 0 Å². The van der Waals surface area contributed by atoms with E-state index in [1.54, 1.807) is 6.92 Å². The fraction of sp³-hybridized carbons (Fsp3) is 0.909. The molecule has 12 heavy (non-hydrogen) atoms. The lowest BCUT2D eigenvalue weighted by Gasteiger charge is -2.27. The van der Waals surface area contributed by atoms with E-state index in [4.69, 9.17) is 0 Å². The van der Waals surface area contributed by atoms with Crippen molar-refractivity contribution in [3.05, 3.63) is 0 Å². The number of fused-ring (bicyclic) bond motifs is 1. The third kappa shape index (κ3) is 1.30. The van der Waals surface area contributed by atoms with Gasteiger partial charge < -0.3 is 0 Å². The van der Waals surface area contributed by atoms with Gasteiger partial charge in [-0.25, -0.2) is 0 Å². The maximum atomic E-state index is 11.3. The molecule has 0 radical (unpaired) electrons. The molecule has 68 valence electrons. The van der Waals surface area contributed by atoms with Crippen LogP contribution in [0.25, 0.3) is 0 Å². The molecule has 0 bridgehead atoms. The van der Waals surface area contributed by atoms with Crippen molar-refractivity contribution in [1.29, 1.82) is 0 Å². The van der Waals surface area contributed by atoms with Gasteiger partial charge in [-0.15, -0.1) is 0 Å². The number of hydrogen-bond acceptors (Lipinski definition) is 1. The topological polar surface area (TPSA) is 17.1 Å². The molecule has 3 atom stereocenters. The van der Waals surface area contributed by atoms with Crippen LogP contribution in [0.1, 0.15) is 45.4 Å². The van der Waals surface area contributed by atoms with Gasteiger partial charge in [-0.2, -0.15) is 0 Å². The molecule has 0 aromatic carbocycles. The van der Waals surface area contributed by atoms with E-state index in [1.165, 1.54) is 38.5 Å². The summed E-state index contributed by atoms with van der Waals surface area (Å²) in [5, 5.41) is 0. The predicted molar refractivity (Wildman–Crippen MR) is 48.9 cm³/mol. The average molecular weight is 166 g/mol. The zero-order valence-corrected chi connectivity index (χ0v) is 7.88. The SMILES string of the molecule is CC(=O)[C@H]1CCC2CCCCC21. The summed E-state index contributed by atoms with van der Waals surface area (Å²) < 4.78 is 0. The van der Waals surface area contributed by atoms with Crippen molar-refractivity contribution in [2.45, 2.75) is 45.4 Å². The molecule has 2 unspecified atom stereocenters. The highest BCUT2D eigenvalue weighted by Crippen LogP contribution is 2.45. The fourth-order valence-electron chi connectivity index (χ4n) is 3.24. The van der Waals surface area contributed by atoms with Crippen molar-refractivity contribution in [3.63, 3.8) is 0 Å². The Hall–Kier alpha value is -0.330. The van der Waals surface area contributed by atoms with Crippen LogP contribution in [-0.4, -0.2) is 5.78 Å². The number of Topliss-reactive ketones (excluding diaryl/α,β-unsaturated/α-hetero) is 1. The van der Waals surface area contributed by atoms with Crippen molar-refractivity contribution in [1.82, 2.24) is 0 Å². The van der Waals surface area contributed by atoms with Crippen molar-refractivity contribution in [2.24, 2.45) is 17.8 Å². The van der Waals surface area contributed by atoms with Gasteiger partial charge in [-0.3, -0.25) is 4.79 Å². The third-order valence-electron chi connectivity index (χ3n) is 3.86. The Morgan fingerprint density at radius 3 is 2.58 bits per heavy atom. The second kappa shape index (κ2) is 3.20. The molecule has 2 fully saturated rings. The van der Waals surface area contributed by atoms with Crippen molar-refractivity contribution in [3.8, 4) is 0 Å². The highest BCUT2D eigenvalue weighted by molar-refractivity contribution is 5.78. The van der Waals surface area contributed by atoms with E-state index in [2.05, 4.69) is 0 Å². The lowest BCUT2D eigenvalue weighted by molar-refractivity contribution is -0.122. The van der Waals surface area contributed by atoms with Gasteiger partial charge >= 0.3 is 0 Å². The third-order valence-corrected chi connectivity index (χ3v) is 3.86. The summed E-state index contributed by atoms with van der Waals surface area (Å²) in [5.41, 5.74) is 0. The Bertz CT molecular complexity index is 185. The molecule has 2 aliphatic carbocycles. The molecule has 1 heteroatoms. The predicted octanol–water partition coefficient (Wildman–Crippen LogP) is 2.79. The van der Waals surface area contributed by atoms with Gasteiger partial charge in [0.1, 0.15) is 5.78 Å². The zero-order valence-electron chi connectivity index (χ0n) is 7.88. The molecule has 0 heterocycles. The average Bonchev–Trinajstić information content (AvgIpc) is 2.47. The minimum atomic E-state index is 0.440. The van der Waals surface area contributed by atoms with Gasteiger partial charge in [0.15, 0.2) is 0 Å². The Balaban J connectivity index is 2.05. The van der Waals surface area contributed by atoms with Gasteiger partial charge in [0.05, 0.1) is 0 Å². The molecule has 0 saturated heterocycles. The second-order valence-electron chi connectivity index (χ2n) is 4.50. The highest BCUT2D eigenvalue weighted by atomic mass is 16.1. The van der Waals surface area contributed by atoms with Crippen LogP contribution in [-0.2, 0) is 4.79 Å². The molecule has 0 spiro atoms. The van der Waals surface area contributed by atoms with E-state index >= 15 is 0 Å². The Kier molecular flexibility index (Phi) is 2.20. The lowest BCUT2D eigenvalue weighted by atomic mass is 9.77. The standard InChI is InChI=1S/C11H18O/c1-8(12)10-7-6-9-4-2-3-5-11(9)10/h9-11H,2-7H2,1H3/t9?,10-,11?/m1/s1. The van der Waals surface area contributed by atoms with Gasteiger partial charge in [0.2, 0.25) is 0 Å². The summed E-state index contributed by atoms with van der Waals surface area (Å²) in [6, 6.07) is 0. The van der Waals surface area contributed by atoms with Crippen LogP contribution in [0.2, 0.25) is 0 Å². The van der Waals surface area contributed by atoms with Crippen LogP contribution < -0.4 is 0 Å². The molecule has 0 N–H and O–H groups in total. The Morgan fingerprint density at radius 1 is 1.08 bits per heavy atom. The van der Waals surface area contributed by atoms with Crippen molar-refractivity contribution >= 4 is 5.78 Å². The van der Waals surface area contributed by atoms with Crippen LogP contribution in [0.15, 0.2) is 0 Å². The molecule has 2 aliphatic rings. The molecule has 2 rings (SSSR count). The first-order chi connectivity index (χ1) is 5.79. The van der Waals surface area contributed by atoms with Crippen LogP contribution in [0.5, 0.6) is 0 Å². The first-order valence-corrected chi connectivity index (χ1v) is 5.29. The summed E-state index contributed by atoms with van der Waals surface area (Å²) in [4.78, 5) is 11.3. The van der Waals surface area contributed by atoms with Crippen molar-refractivity contribution in [2.75, 3.05) is 0 Å². The lowest BCUT2D eigenvalue weighted by Crippen LogP contribution is -2.23. The first kappa shape index (κ1) is 8.28. The van der Waals surface area contributed by atoms with E-state index in [1.807, 2.05) is 0 Å².